The van der Waals surface area contributed by atoms with Gasteiger partial charge in [-0.05, 0) is 71.9 Å². The molecule has 2 aliphatic carbocycles. The molecule has 0 amide bonds. The number of ether oxygens (including phenoxy) is 2. The standard InChI is InChI=1S/C30H42N6O4/c1-20(22-8-6-14-35(22)2)39-25-17-24(36-15-13-31-18-29(36)12-16-38-19-29)32-28(33-25)26-21-7-5-11-30(27(21)34-40-26)10-4-3-9-23(30)37/h17,20,22,31H,3-16,18-19H2,1-2H3/t20-,22-,29+,30+/m0/s1. The number of Topliss-reactive ketones (excluding diaryl/α,β-unsaturated/α-hetero) is 1. The summed E-state index contributed by atoms with van der Waals surface area (Å²) in [5.74, 6) is 2.81. The number of likely N-dealkylation sites (N-methyl/N-ethyl adjacent to an activating group) is 1. The first-order valence-electron chi connectivity index (χ1n) is 15.3. The molecule has 5 aliphatic rings. The van der Waals surface area contributed by atoms with E-state index in [1.807, 2.05) is 6.07 Å². The molecule has 0 aromatic carbocycles. The highest BCUT2D eigenvalue weighted by Crippen LogP contribution is 2.47. The van der Waals surface area contributed by atoms with Crippen LogP contribution in [0.3, 0.4) is 0 Å². The van der Waals surface area contributed by atoms with Crippen molar-refractivity contribution in [3.05, 3.63) is 17.3 Å². The molecule has 2 aromatic rings. The minimum atomic E-state index is -0.504. The smallest absolute Gasteiger partial charge is 0.219 e. The minimum Gasteiger partial charge on any atom is -0.473 e. The molecule has 3 aliphatic heterocycles. The van der Waals surface area contributed by atoms with E-state index in [0.717, 1.165) is 101 Å². The van der Waals surface area contributed by atoms with Crippen LogP contribution in [0.5, 0.6) is 5.88 Å². The molecule has 2 spiro atoms. The highest BCUT2D eigenvalue weighted by atomic mass is 16.5. The van der Waals surface area contributed by atoms with E-state index >= 15 is 0 Å². The Bertz CT molecular complexity index is 1260. The number of hydrogen-bond acceptors (Lipinski definition) is 10. The van der Waals surface area contributed by atoms with Gasteiger partial charge < -0.3 is 24.2 Å². The van der Waals surface area contributed by atoms with Crippen LogP contribution in [-0.2, 0) is 21.4 Å². The van der Waals surface area contributed by atoms with Gasteiger partial charge in [-0.1, -0.05) is 11.6 Å². The number of fused-ring (bicyclic) bond motifs is 2. The Balaban J connectivity index is 1.30. The fraction of sp³-hybridized carbons (Fsp3) is 0.733. The van der Waals surface area contributed by atoms with Gasteiger partial charge in [0.15, 0.2) is 0 Å². The van der Waals surface area contributed by atoms with Crippen molar-refractivity contribution < 1.29 is 18.8 Å². The van der Waals surface area contributed by atoms with Crippen molar-refractivity contribution in [1.29, 1.82) is 0 Å². The average molecular weight is 551 g/mol. The summed E-state index contributed by atoms with van der Waals surface area (Å²) in [7, 11) is 2.17. The van der Waals surface area contributed by atoms with Gasteiger partial charge in [0.2, 0.25) is 17.5 Å². The Kier molecular flexibility index (Phi) is 6.83. The zero-order valence-corrected chi connectivity index (χ0v) is 23.9. The lowest BCUT2D eigenvalue weighted by atomic mass is 9.64. The number of aromatic nitrogens is 3. The lowest BCUT2D eigenvalue weighted by molar-refractivity contribution is -0.127. The number of carbonyl (C=O) groups excluding carboxylic acids is 1. The van der Waals surface area contributed by atoms with Crippen molar-refractivity contribution in [1.82, 2.24) is 25.3 Å². The van der Waals surface area contributed by atoms with Crippen LogP contribution in [0, 0.1) is 0 Å². The number of likely N-dealkylation sites (tertiary alicyclic amines) is 1. The van der Waals surface area contributed by atoms with Crippen molar-refractivity contribution in [2.75, 3.05) is 51.3 Å². The molecule has 216 valence electrons. The van der Waals surface area contributed by atoms with Gasteiger partial charge >= 0.3 is 0 Å². The molecule has 2 aromatic heterocycles. The van der Waals surface area contributed by atoms with Gasteiger partial charge in [0.25, 0.3) is 0 Å². The molecule has 5 heterocycles. The van der Waals surface area contributed by atoms with Crippen LogP contribution in [0.4, 0.5) is 5.82 Å². The van der Waals surface area contributed by atoms with Crippen molar-refractivity contribution in [2.45, 2.75) is 94.2 Å². The maximum absolute atomic E-state index is 13.3. The Morgan fingerprint density at radius 2 is 2.02 bits per heavy atom. The molecular weight excluding hydrogens is 508 g/mol. The van der Waals surface area contributed by atoms with E-state index in [2.05, 4.69) is 34.2 Å². The van der Waals surface area contributed by atoms with E-state index in [-0.39, 0.29) is 11.6 Å². The van der Waals surface area contributed by atoms with E-state index in [9.17, 15) is 4.79 Å². The van der Waals surface area contributed by atoms with Gasteiger partial charge in [-0.25, -0.2) is 4.98 Å². The second kappa shape index (κ2) is 10.4. The molecule has 0 radical (unpaired) electrons. The normalized spacial score (nSPS) is 31.7. The predicted molar refractivity (Wildman–Crippen MR) is 150 cm³/mol. The topological polar surface area (TPSA) is 106 Å². The van der Waals surface area contributed by atoms with Crippen molar-refractivity contribution in [2.24, 2.45) is 0 Å². The Labute approximate surface area is 236 Å². The van der Waals surface area contributed by atoms with E-state index in [4.69, 9.17) is 24.0 Å². The van der Waals surface area contributed by atoms with Gasteiger partial charge in [0.1, 0.15) is 23.4 Å². The molecule has 0 bridgehead atoms. The summed E-state index contributed by atoms with van der Waals surface area (Å²) < 4.78 is 18.5. The molecule has 0 unspecified atom stereocenters. The zero-order valence-electron chi connectivity index (χ0n) is 23.9. The number of carbonyl (C=O) groups is 1. The highest BCUT2D eigenvalue weighted by molar-refractivity contribution is 5.91. The maximum atomic E-state index is 13.3. The molecule has 4 fully saturated rings. The highest BCUT2D eigenvalue weighted by Gasteiger charge is 2.48. The van der Waals surface area contributed by atoms with Crippen LogP contribution in [0.15, 0.2) is 10.6 Å². The van der Waals surface area contributed by atoms with Crippen LogP contribution in [0.2, 0.25) is 0 Å². The molecule has 1 N–H and O–H groups in total. The summed E-state index contributed by atoms with van der Waals surface area (Å²) in [5.41, 5.74) is 1.19. The first kappa shape index (κ1) is 26.3. The molecule has 40 heavy (non-hydrogen) atoms. The monoisotopic (exact) mass is 550 g/mol. The van der Waals surface area contributed by atoms with Crippen molar-refractivity contribution >= 4 is 11.6 Å². The molecule has 10 heteroatoms. The van der Waals surface area contributed by atoms with Gasteiger partial charge in [-0.2, -0.15) is 4.98 Å². The minimum absolute atomic E-state index is 0.0123. The van der Waals surface area contributed by atoms with Gasteiger partial charge in [-0.3, -0.25) is 9.69 Å². The maximum Gasteiger partial charge on any atom is 0.219 e. The summed E-state index contributed by atoms with van der Waals surface area (Å²) >= 11 is 0. The summed E-state index contributed by atoms with van der Waals surface area (Å²) in [6, 6.07) is 2.35. The first-order valence-corrected chi connectivity index (χ1v) is 15.3. The molecule has 7 rings (SSSR count). The molecule has 10 nitrogen and oxygen atoms in total. The van der Waals surface area contributed by atoms with E-state index in [0.29, 0.717) is 42.3 Å². The third kappa shape index (κ3) is 4.34. The Hall–Kier alpha value is -2.56. The summed E-state index contributed by atoms with van der Waals surface area (Å²) in [6.45, 7) is 7.20. The number of rotatable bonds is 5. The van der Waals surface area contributed by atoms with Crippen LogP contribution in [0.25, 0.3) is 11.6 Å². The van der Waals surface area contributed by atoms with Gasteiger partial charge in [0.05, 0.1) is 17.6 Å². The lowest BCUT2D eigenvalue weighted by Crippen LogP contribution is -2.62. The number of anilines is 1. The largest absolute Gasteiger partial charge is 0.473 e. The second-order valence-corrected chi connectivity index (χ2v) is 12.7. The first-order chi connectivity index (χ1) is 19.5. The molecule has 4 atom stereocenters. The summed E-state index contributed by atoms with van der Waals surface area (Å²) in [4.78, 5) is 28.1. The molecule has 3 saturated heterocycles. The van der Waals surface area contributed by atoms with E-state index < -0.39 is 5.41 Å². The van der Waals surface area contributed by atoms with Gasteiger partial charge in [-0.15, -0.1) is 0 Å². The molecular formula is C30H42N6O4. The van der Waals surface area contributed by atoms with Crippen molar-refractivity contribution in [3.63, 3.8) is 0 Å². The fourth-order valence-electron chi connectivity index (χ4n) is 8.05. The predicted octanol–water partition coefficient (Wildman–Crippen LogP) is 3.28. The quantitative estimate of drug-likeness (QED) is 0.596. The van der Waals surface area contributed by atoms with Crippen LogP contribution >= 0.6 is 0 Å². The van der Waals surface area contributed by atoms with Crippen LogP contribution < -0.4 is 15.0 Å². The number of nitrogens with zero attached hydrogens (tertiary/aromatic N) is 5. The van der Waals surface area contributed by atoms with Crippen LogP contribution in [-0.4, -0.2) is 89.9 Å². The second-order valence-electron chi connectivity index (χ2n) is 12.7. The number of ketones is 1. The van der Waals surface area contributed by atoms with Gasteiger partial charge in [0, 0.05) is 50.3 Å². The Morgan fingerprint density at radius 3 is 2.83 bits per heavy atom. The van der Waals surface area contributed by atoms with E-state index in [1.165, 1.54) is 6.42 Å². The number of hydrogen-bond donors (Lipinski definition) is 1. The number of nitrogens with one attached hydrogen (secondary N) is 1. The number of piperazine rings is 1. The zero-order chi connectivity index (χ0) is 27.3. The van der Waals surface area contributed by atoms with E-state index in [1.54, 1.807) is 0 Å². The fourth-order valence-corrected chi connectivity index (χ4v) is 8.05. The molecule has 1 saturated carbocycles. The Morgan fingerprint density at radius 1 is 1.12 bits per heavy atom. The van der Waals surface area contributed by atoms with Crippen molar-refractivity contribution in [3.8, 4) is 17.5 Å². The summed E-state index contributed by atoms with van der Waals surface area (Å²) in [6.07, 6.45) is 9.37. The summed E-state index contributed by atoms with van der Waals surface area (Å²) in [5, 5.41) is 8.13. The SMILES string of the molecule is C[C@H](Oc1cc(N2CCNC[C@@]23CCOC3)nc(-c2onc3c2CCC[C@@]32CCCCC2=O)n1)[C@@H]1CCCN1C. The third-order valence-corrected chi connectivity index (χ3v) is 10.3. The van der Waals surface area contributed by atoms with Crippen LogP contribution in [0.1, 0.15) is 76.0 Å². The lowest BCUT2D eigenvalue weighted by Gasteiger charge is -2.45. The third-order valence-electron chi connectivity index (χ3n) is 10.3. The average Bonchev–Trinajstić information content (AvgIpc) is 3.71.